The second-order valence-electron chi connectivity index (χ2n) is 4.07. The summed E-state index contributed by atoms with van der Waals surface area (Å²) in [7, 11) is 0. The van der Waals surface area contributed by atoms with Gasteiger partial charge in [0.2, 0.25) is 0 Å². The van der Waals surface area contributed by atoms with Crippen molar-refractivity contribution < 1.29 is 0 Å². The fourth-order valence-electron chi connectivity index (χ4n) is 1.55. The fourth-order valence-corrected chi connectivity index (χ4v) is 1.55. The average Bonchev–Trinajstić information content (AvgIpc) is 2.78. The molecule has 1 aliphatic rings. The van der Waals surface area contributed by atoms with Gasteiger partial charge in [-0.1, -0.05) is 13.8 Å². The van der Waals surface area contributed by atoms with Crippen molar-refractivity contribution in [3.05, 3.63) is 0 Å². The lowest BCUT2D eigenvalue weighted by Gasteiger charge is -2.22. The Morgan fingerprint density at radius 1 is 1.58 bits per heavy atom. The highest BCUT2D eigenvalue weighted by Gasteiger charge is 2.43. The van der Waals surface area contributed by atoms with Crippen LogP contribution in [0.1, 0.15) is 39.5 Å². The third-order valence-electron chi connectivity index (χ3n) is 2.84. The highest BCUT2D eigenvalue weighted by atomic mass is 14.9. The first-order valence-electron chi connectivity index (χ1n) is 4.90. The molecule has 0 aliphatic heterocycles. The second kappa shape index (κ2) is 3.96. The quantitative estimate of drug-likeness (QED) is 0.616. The monoisotopic (exact) mass is 165 g/mol. The van der Waals surface area contributed by atoms with Crippen LogP contribution < -0.4 is 5.32 Å². The van der Waals surface area contributed by atoms with Crippen LogP contribution in [0.15, 0.2) is 0 Å². The summed E-state index contributed by atoms with van der Waals surface area (Å²) in [6.07, 6.45) is 10.1. The molecule has 1 fully saturated rings. The molecule has 12 heavy (non-hydrogen) atoms. The summed E-state index contributed by atoms with van der Waals surface area (Å²) < 4.78 is 0. The van der Waals surface area contributed by atoms with Gasteiger partial charge in [-0.2, -0.15) is 0 Å². The number of rotatable bonds is 5. The van der Waals surface area contributed by atoms with Gasteiger partial charge in [0.05, 0.1) is 0 Å². The van der Waals surface area contributed by atoms with E-state index in [2.05, 4.69) is 25.1 Å². The van der Waals surface area contributed by atoms with Crippen LogP contribution in [0.2, 0.25) is 0 Å². The number of terminal acetylenes is 1. The van der Waals surface area contributed by atoms with Crippen molar-refractivity contribution in [3.63, 3.8) is 0 Å². The molecule has 1 nitrogen and oxygen atoms in total. The number of nitrogens with one attached hydrogen (secondary N) is 1. The summed E-state index contributed by atoms with van der Waals surface area (Å²) in [5.41, 5.74) is 0.515. The maximum Gasteiger partial charge on any atom is 0.0246 e. The molecule has 0 aromatic heterocycles. The molecule has 0 radical (unpaired) electrons. The summed E-state index contributed by atoms with van der Waals surface area (Å²) in [6.45, 7) is 5.62. The molecule has 0 aromatic carbocycles. The normalized spacial score (nSPS) is 21.4. The van der Waals surface area contributed by atoms with Crippen LogP contribution in [0.3, 0.4) is 0 Å². The van der Waals surface area contributed by atoms with Gasteiger partial charge in [0.15, 0.2) is 0 Å². The van der Waals surface area contributed by atoms with E-state index in [-0.39, 0.29) is 0 Å². The molecule has 68 valence electrons. The van der Waals surface area contributed by atoms with E-state index in [0.717, 1.165) is 13.0 Å². The van der Waals surface area contributed by atoms with E-state index in [1.54, 1.807) is 0 Å². The standard InChI is InChI=1S/C11H19N/c1-4-6-10(12-9-5-2)11(3)7-8-11/h1,10,12H,5-9H2,2-3H3. The first kappa shape index (κ1) is 9.61. The van der Waals surface area contributed by atoms with E-state index < -0.39 is 0 Å². The van der Waals surface area contributed by atoms with Gasteiger partial charge in [0, 0.05) is 12.5 Å². The zero-order chi connectivity index (χ0) is 9.03. The molecule has 0 aromatic rings. The Bertz CT molecular complexity index is 174. The highest BCUT2D eigenvalue weighted by molar-refractivity contribution is 5.04. The highest BCUT2D eigenvalue weighted by Crippen LogP contribution is 2.48. The second-order valence-corrected chi connectivity index (χ2v) is 4.07. The molecule has 1 atom stereocenters. The largest absolute Gasteiger partial charge is 0.312 e. The fraction of sp³-hybridized carbons (Fsp3) is 0.818. The van der Waals surface area contributed by atoms with E-state index in [0.29, 0.717) is 11.5 Å². The lowest BCUT2D eigenvalue weighted by molar-refractivity contribution is 0.362. The lowest BCUT2D eigenvalue weighted by atomic mass is 9.96. The van der Waals surface area contributed by atoms with Crippen LogP contribution in [-0.4, -0.2) is 12.6 Å². The van der Waals surface area contributed by atoms with Gasteiger partial charge >= 0.3 is 0 Å². The maximum atomic E-state index is 5.34. The Morgan fingerprint density at radius 3 is 2.67 bits per heavy atom. The molecule has 1 heteroatoms. The molecule has 0 saturated heterocycles. The lowest BCUT2D eigenvalue weighted by Crippen LogP contribution is -2.36. The first-order chi connectivity index (χ1) is 5.73. The minimum atomic E-state index is 0.515. The molecule has 1 N–H and O–H groups in total. The third-order valence-corrected chi connectivity index (χ3v) is 2.84. The first-order valence-corrected chi connectivity index (χ1v) is 4.90. The summed E-state index contributed by atoms with van der Waals surface area (Å²) in [4.78, 5) is 0. The van der Waals surface area contributed by atoms with Crippen molar-refractivity contribution in [2.45, 2.75) is 45.6 Å². The van der Waals surface area contributed by atoms with Gasteiger partial charge in [0.25, 0.3) is 0 Å². The number of hydrogen-bond acceptors (Lipinski definition) is 1. The Balaban J connectivity index is 2.34. The van der Waals surface area contributed by atoms with Crippen molar-refractivity contribution in [3.8, 4) is 12.3 Å². The molecule has 0 spiro atoms. The van der Waals surface area contributed by atoms with Gasteiger partial charge in [-0.3, -0.25) is 0 Å². The molecule has 0 bridgehead atoms. The number of hydrogen-bond donors (Lipinski definition) is 1. The smallest absolute Gasteiger partial charge is 0.0246 e. The molecule has 0 heterocycles. The molecule has 0 amide bonds. The van der Waals surface area contributed by atoms with Crippen LogP contribution in [0.5, 0.6) is 0 Å². The summed E-state index contributed by atoms with van der Waals surface area (Å²) in [5.74, 6) is 2.76. The predicted octanol–water partition coefficient (Wildman–Crippen LogP) is 2.18. The van der Waals surface area contributed by atoms with Gasteiger partial charge in [-0.25, -0.2) is 0 Å². The van der Waals surface area contributed by atoms with Gasteiger partial charge < -0.3 is 5.32 Å². The Hall–Kier alpha value is -0.480. The van der Waals surface area contributed by atoms with Gasteiger partial charge in [0.1, 0.15) is 0 Å². The summed E-state index contributed by atoms with van der Waals surface area (Å²) in [5, 5.41) is 3.53. The molecular weight excluding hydrogens is 146 g/mol. The van der Waals surface area contributed by atoms with Crippen LogP contribution in [0.25, 0.3) is 0 Å². The Kier molecular flexibility index (Phi) is 3.17. The van der Waals surface area contributed by atoms with E-state index in [4.69, 9.17) is 6.42 Å². The molecule has 1 rings (SSSR count). The van der Waals surface area contributed by atoms with Crippen LogP contribution in [0.4, 0.5) is 0 Å². The van der Waals surface area contributed by atoms with E-state index in [9.17, 15) is 0 Å². The third kappa shape index (κ3) is 2.25. The maximum absolute atomic E-state index is 5.34. The summed E-state index contributed by atoms with van der Waals surface area (Å²) in [6, 6.07) is 0.558. The Labute approximate surface area is 75.9 Å². The molecular formula is C11H19N. The minimum Gasteiger partial charge on any atom is -0.312 e. The van der Waals surface area contributed by atoms with Crippen LogP contribution in [-0.2, 0) is 0 Å². The van der Waals surface area contributed by atoms with Gasteiger partial charge in [-0.05, 0) is 31.2 Å². The zero-order valence-corrected chi connectivity index (χ0v) is 8.19. The van der Waals surface area contributed by atoms with Gasteiger partial charge in [-0.15, -0.1) is 12.3 Å². The van der Waals surface area contributed by atoms with Crippen LogP contribution >= 0.6 is 0 Å². The summed E-state index contributed by atoms with van der Waals surface area (Å²) >= 11 is 0. The predicted molar refractivity (Wildman–Crippen MR) is 52.9 cm³/mol. The van der Waals surface area contributed by atoms with E-state index in [1.807, 2.05) is 0 Å². The SMILES string of the molecule is C#CCC(NCCC)C1(C)CC1. The van der Waals surface area contributed by atoms with E-state index >= 15 is 0 Å². The van der Waals surface area contributed by atoms with Crippen molar-refractivity contribution >= 4 is 0 Å². The minimum absolute atomic E-state index is 0.515. The molecule has 1 unspecified atom stereocenters. The van der Waals surface area contributed by atoms with Crippen molar-refractivity contribution in [1.29, 1.82) is 0 Å². The topological polar surface area (TPSA) is 12.0 Å². The van der Waals surface area contributed by atoms with Crippen molar-refractivity contribution in [2.75, 3.05) is 6.54 Å². The van der Waals surface area contributed by atoms with E-state index in [1.165, 1.54) is 19.3 Å². The Morgan fingerprint density at radius 2 is 2.25 bits per heavy atom. The van der Waals surface area contributed by atoms with Crippen molar-refractivity contribution in [2.24, 2.45) is 5.41 Å². The zero-order valence-electron chi connectivity index (χ0n) is 8.19. The van der Waals surface area contributed by atoms with Crippen LogP contribution in [0, 0.1) is 17.8 Å². The van der Waals surface area contributed by atoms with Crippen molar-refractivity contribution in [1.82, 2.24) is 5.32 Å². The molecule has 1 saturated carbocycles. The molecule has 1 aliphatic carbocycles. The average molecular weight is 165 g/mol.